The Morgan fingerprint density at radius 3 is 2.71 bits per heavy atom. The number of alkyl halides is 2. The quantitative estimate of drug-likeness (QED) is 0.585. The van der Waals surface area contributed by atoms with Crippen molar-refractivity contribution in [3.63, 3.8) is 0 Å². The van der Waals surface area contributed by atoms with Crippen LogP contribution in [-0.2, 0) is 9.53 Å². The smallest absolute Gasteiger partial charge is 0.242 e. The van der Waals surface area contributed by atoms with Gasteiger partial charge in [0, 0.05) is 19.6 Å². The highest BCUT2D eigenvalue weighted by Crippen LogP contribution is 2.15. The fourth-order valence-corrected chi connectivity index (χ4v) is 1.76. The number of hydrogen-bond acceptors (Lipinski definition) is 3. The molecule has 100 valence electrons. The number of carbonyl (C=O) groups is 1. The van der Waals surface area contributed by atoms with Crippen LogP contribution < -0.4 is 5.32 Å². The molecule has 1 saturated heterocycles. The number of carbonyl (C=O) groups excluding carboxylic acids is 1. The molecule has 0 aromatic heterocycles. The monoisotopic (exact) mass is 282 g/mol. The summed E-state index contributed by atoms with van der Waals surface area (Å²) in [4.78, 5) is 12.9. The number of ether oxygens (including phenoxy) is 1. The Balaban J connectivity index is 2.09. The number of amides is 1. The molecule has 1 fully saturated rings. The van der Waals surface area contributed by atoms with Crippen molar-refractivity contribution in [3.8, 4) is 0 Å². The van der Waals surface area contributed by atoms with Crippen molar-refractivity contribution in [1.29, 1.82) is 0 Å². The molecule has 0 saturated carbocycles. The maximum atomic E-state index is 11.6. The fraction of sp³-hybridized carbons (Fsp3) is 0.909. The van der Waals surface area contributed by atoms with Crippen LogP contribution in [-0.4, -0.2) is 61.0 Å². The van der Waals surface area contributed by atoms with Gasteiger partial charge in [-0.05, 0) is 19.9 Å². The molecule has 0 radical (unpaired) electrons. The van der Waals surface area contributed by atoms with E-state index in [-0.39, 0.29) is 11.8 Å². The molecule has 1 aliphatic heterocycles. The molecule has 1 rings (SSSR count). The Morgan fingerprint density at radius 1 is 1.47 bits per heavy atom. The minimum absolute atomic E-state index is 0.115. The predicted molar refractivity (Wildman–Crippen MR) is 69.9 cm³/mol. The van der Waals surface area contributed by atoms with Gasteiger partial charge in [0.2, 0.25) is 5.91 Å². The van der Waals surface area contributed by atoms with E-state index in [1.165, 1.54) is 0 Å². The maximum Gasteiger partial charge on any atom is 0.242 e. The number of halogens is 2. The summed E-state index contributed by atoms with van der Waals surface area (Å²) >= 11 is 11.5. The highest BCUT2D eigenvalue weighted by molar-refractivity contribution is 6.39. The number of hydrogen-bond donors (Lipinski definition) is 1. The molecule has 0 aromatic rings. The van der Waals surface area contributed by atoms with E-state index in [0.29, 0.717) is 6.54 Å². The summed E-state index contributed by atoms with van der Waals surface area (Å²) in [6.45, 7) is 6.79. The van der Waals surface area contributed by atoms with Gasteiger partial charge in [-0.1, -0.05) is 0 Å². The SMILES string of the molecule is CC(Cl)(CCl)C(=O)NCCCN1CCOCC1. The van der Waals surface area contributed by atoms with E-state index < -0.39 is 4.87 Å². The number of nitrogens with zero attached hydrogens (tertiary/aromatic N) is 1. The van der Waals surface area contributed by atoms with Crippen molar-refractivity contribution in [3.05, 3.63) is 0 Å². The van der Waals surface area contributed by atoms with Gasteiger partial charge in [0.1, 0.15) is 4.87 Å². The Kier molecular flexibility index (Phi) is 6.55. The summed E-state index contributed by atoms with van der Waals surface area (Å²) in [5, 5.41) is 2.80. The largest absolute Gasteiger partial charge is 0.379 e. The van der Waals surface area contributed by atoms with E-state index in [1.54, 1.807) is 6.92 Å². The number of rotatable bonds is 6. The van der Waals surface area contributed by atoms with Gasteiger partial charge in [0.15, 0.2) is 0 Å². The third-order valence-corrected chi connectivity index (χ3v) is 3.74. The average Bonchev–Trinajstić information content (AvgIpc) is 2.35. The summed E-state index contributed by atoms with van der Waals surface area (Å²) < 4.78 is 5.26. The van der Waals surface area contributed by atoms with Crippen molar-refractivity contribution in [2.75, 3.05) is 45.3 Å². The minimum Gasteiger partial charge on any atom is -0.379 e. The lowest BCUT2D eigenvalue weighted by Crippen LogP contribution is -2.43. The molecule has 0 aromatic carbocycles. The third-order valence-electron chi connectivity index (χ3n) is 2.76. The Morgan fingerprint density at radius 2 is 2.12 bits per heavy atom. The molecule has 1 unspecified atom stereocenters. The Labute approximate surface area is 113 Å². The van der Waals surface area contributed by atoms with Gasteiger partial charge in [0.05, 0.1) is 19.1 Å². The topological polar surface area (TPSA) is 41.6 Å². The van der Waals surface area contributed by atoms with Crippen LogP contribution in [0.15, 0.2) is 0 Å². The summed E-state index contributed by atoms with van der Waals surface area (Å²) in [5.74, 6) is -0.0831. The molecule has 1 atom stereocenters. The van der Waals surface area contributed by atoms with Gasteiger partial charge in [-0.25, -0.2) is 0 Å². The summed E-state index contributed by atoms with van der Waals surface area (Å²) in [6.07, 6.45) is 0.918. The van der Waals surface area contributed by atoms with Crippen LogP contribution in [0.3, 0.4) is 0 Å². The molecule has 6 heteroatoms. The van der Waals surface area contributed by atoms with Gasteiger partial charge in [-0.15, -0.1) is 23.2 Å². The van der Waals surface area contributed by atoms with Gasteiger partial charge < -0.3 is 10.1 Å². The lowest BCUT2D eigenvalue weighted by Gasteiger charge is -2.26. The zero-order valence-corrected chi connectivity index (χ0v) is 11.7. The van der Waals surface area contributed by atoms with Crippen LogP contribution >= 0.6 is 23.2 Å². The van der Waals surface area contributed by atoms with E-state index in [2.05, 4.69) is 10.2 Å². The van der Waals surface area contributed by atoms with E-state index in [4.69, 9.17) is 27.9 Å². The first kappa shape index (κ1) is 15.0. The van der Waals surface area contributed by atoms with Crippen LogP contribution in [0.25, 0.3) is 0 Å². The van der Waals surface area contributed by atoms with Crippen LogP contribution in [0.4, 0.5) is 0 Å². The molecule has 17 heavy (non-hydrogen) atoms. The second-order valence-corrected chi connectivity index (χ2v) is 5.50. The molecule has 0 aliphatic carbocycles. The highest BCUT2D eigenvalue weighted by atomic mass is 35.5. The Bertz CT molecular complexity index is 244. The minimum atomic E-state index is -0.999. The lowest BCUT2D eigenvalue weighted by molar-refractivity contribution is -0.122. The average molecular weight is 283 g/mol. The zero-order chi connectivity index (χ0) is 12.7. The molecular weight excluding hydrogens is 263 g/mol. The molecular formula is C11H20Cl2N2O2. The van der Waals surface area contributed by atoms with Gasteiger partial charge in [0.25, 0.3) is 0 Å². The van der Waals surface area contributed by atoms with Crippen molar-refractivity contribution in [2.45, 2.75) is 18.2 Å². The second-order valence-electron chi connectivity index (χ2n) is 4.39. The molecule has 0 spiro atoms. The first-order valence-corrected chi connectivity index (χ1v) is 6.81. The standard InChI is InChI=1S/C11H20Cl2N2O2/c1-11(13,9-12)10(16)14-3-2-4-15-5-7-17-8-6-15/h2-9H2,1H3,(H,14,16). The zero-order valence-electron chi connectivity index (χ0n) is 10.2. The Hall–Kier alpha value is -0.0300. The van der Waals surface area contributed by atoms with Crippen LogP contribution in [0, 0.1) is 0 Å². The van der Waals surface area contributed by atoms with Crippen molar-refractivity contribution < 1.29 is 9.53 Å². The van der Waals surface area contributed by atoms with E-state index >= 15 is 0 Å². The van der Waals surface area contributed by atoms with E-state index in [1.807, 2.05) is 0 Å². The first-order chi connectivity index (χ1) is 8.06. The molecule has 4 nitrogen and oxygen atoms in total. The molecule has 0 bridgehead atoms. The summed E-state index contributed by atoms with van der Waals surface area (Å²) in [6, 6.07) is 0. The first-order valence-electron chi connectivity index (χ1n) is 5.89. The molecule has 1 amide bonds. The predicted octanol–water partition coefficient (Wildman–Crippen LogP) is 1.06. The lowest BCUT2D eigenvalue weighted by atomic mass is 10.2. The molecule has 1 heterocycles. The van der Waals surface area contributed by atoms with Crippen molar-refractivity contribution >= 4 is 29.1 Å². The number of morpholine rings is 1. The molecule has 1 N–H and O–H groups in total. The van der Waals surface area contributed by atoms with Crippen molar-refractivity contribution in [1.82, 2.24) is 10.2 Å². The van der Waals surface area contributed by atoms with E-state index in [0.717, 1.165) is 39.3 Å². The summed E-state index contributed by atoms with van der Waals surface area (Å²) in [7, 11) is 0. The maximum absolute atomic E-state index is 11.6. The van der Waals surface area contributed by atoms with Crippen LogP contribution in [0.5, 0.6) is 0 Å². The van der Waals surface area contributed by atoms with Crippen molar-refractivity contribution in [2.24, 2.45) is 0 Å². The summed E-state index contributed by atoms with van der Waals surface area (Å²) in [5.41, 5.74) is 0. The van der Waals surface area contributed by atoms with Gasteiger partial charge in [-0.3, -0.25) is 9.69 Å². The second kappa shape index (κ2) is 7.41. The normalized spacial score (nSPS) is 20.9. The van der Waals surface area contributed by atoms with E-state index in [9.17, 15) is 4.79 Å². The molecule has 1 aliphatic rings. The van der Waals surface area contributed by atoms with Crippen LogP contribution in [0.2, 0.25) is 0 Å². The van der Waals surface area contributed by atoms with Gasteiger partial charge >= 0.3 is 0 Å². The highest BCUT2D eigenvalue weighted by Gasteiger charge is 2.28. The number of nitrogens with one attached hydrogen (secondary N) is 1. The fourth-order valence-electron chi connectivity index (χ4n) is 1.57. The van der Waals surface area contributed by atoms with Crippen LogP contribution in [0.1, 0.15) is 13.3 Å². The third kappa shape index (κ3) is 5.42. The van der Waals surface area contributed by atoms with Gasteiger partial charge in [-0.2, -0.15) is 0 Å².